The first-order chi connectivity index (χ1) is 17.8. The molecule has 6 aromatic rings. The van der Waals surface area contributed by atoms with Crippen LogP contribution in [0.1, 0.15) is 21.7 Å². The second-order valence-corrected chi connectivity index (χ2v) is 8.47. The molecule has 2 aromatic heterocycles. The van der Waals surface area contributed by atoms with Crippen LogP contribution in [0.5, 0.6) is 11.5 Å². The van der Waals surface area contributed by atoms with E-state index in [1.54, 1.807) is 24.3 Å². The molecule has 0 atom stereocenters. The van der Waals surface area contributed by atoms with Crippen LogP contribution in [0.4, 0.5) is 0 Å². The summed E-state index contributed by atoms with van der Waals surface area (Å²) in [6, 6.07) is 31.4. The minimum Gasteiger partial charge on any atom is -0.506 e. The largest absolute Gasteiger partial charge is 0.506 e. The summed E-state index contributed by atoms with van der Waals surface area (Å²) in [5, 5.41) is 31.6. The van der Waals surface area contributed by atoms with Gasteiger partial charge in [0.2, 0.25) is 0 Å². The summed E-state index contributed by atoms with van der Waals surface area (Å²) >= 11 is 0. The van der Waals surface area contributed by atoms with Crippen molar-refractivity contribution in [2.24, 2.45) is 0 Å². The second kappa shape index (κ2) is 11.2. The van der Waals surface area contributed by atoms with Gasteiger partial charge in [-0.1, -0.05) is 66.7 Å². The molecule has 6 rings (SSSR count). The van der Waals surface area contributed by atoms with Crippen LogP contribution in [0.15, 0.2) is 103 Å². The van der Waals surface area contributed by atoms with Gasteiger partial charge in [-0.15, -0.1) is 0 Å². The first kappa shape index (κ1) is 25.1. The second-order valence-electron chi connectivity index (χ2n) is 8.47. The Balaban J connectivity index is 0.000000130. The number of nitrogens with zero attached hydrogens (tertiary/aromatic N) is 2. The van der Waals surface area contributed by atoms with Crippen molar-refractivity contribution in [2.75, 3.05) is 0 Å². The maximum Gasteiger partial charge on any atom is 0.335 e. The molecule has 0 amide bonds. The summed E-state index contributed by atoms with van der Waals surface area (Å²) in [4.78, 5) is 19.1. The van der Waals surface area contributed by atoms with Gasteiger partial charge in [0.05, 0.1) is 5.56 Å². The molecule has 184 valence electrons. The highest BCUT2D eigenvalue weighted by Crippen LogP contribution is 2.23. The van der Waals surface area contributed by atoms with Gasteiger partial charge in [0.25, 0.3) is 0 Å². The normalized spacial score (nSPS) is 10.3. The van der Waals surface area contributed by atoms with Crippen molar-refractivity contribution in [1.82, 2.24) is 9.97 Å². The minimum absolute atomic E-state index is 0.246. The Kier molecular flexibility index (Phi) is 7.59. The topological polar surface area (TPSA) is 104 Å². The Hall–Kier alpha value is -4.97. The molecule has 0 bridgehead atoms. The van der Waals surface area contributed by atoms with Crippen LogP contribution in [-0.4, -0.2) is 31.3 Å². The molecule has 0 unspecified atom stereocenters. The Morgan fingerprint density at radius 1 is 0.568 bits per heavy atom. The lowest BCUT2D eigenvalue weighted by Crippen LogP contribution is -1.94. The smallest absolute Gasteiger partial charge is 0.335 e. The van der Waals surface area contributed by atoms with Gasteiger partial charge in [-0.2, -0.15) is 0 Å². The molecule has 6 heteroatoms. The maximum absolute atomic E-state index is 10.6. The van der Waals surface area contributed by atoms with Crippen LogP contribution in [0.3, 0.4) is 0 Å². The van der Waals surface area contributed by atoms with E-state index >= 15 is 0 Å². The molecule has 0 radical (unpaired) electrons. The molecule has 4 aromatic carbocycles. The van der Waals surface area contributed by atoms with Crippen LogP contribution in [0.25, 0.3) is 32.6 Å². The number of hydrogen-bond donors (Lipinski definition) is 3. The van der Waals surface area contributed by atoms with E-state index < -0.39 is 5.97 Å². The molecule has 0 saturated carbocycles. The van der Waals surface area contributed by atoms with Gasteiger partial charge in [0.15, 0.2) is 0 Å². The van der Waals surface area contributed by atoms with Crippen molar-refractivity contribution in [2.45, 2.75) is 13.8 Å². The van der Waals surface area contributed by atoms with Crippen molar-refractivity contribution in [3.05, 3.63) is 120 Å². The molecule has 0 fully saturated rings. The van der Waals surface area contributed by atoms with E-state index in [0.29, 0.717) is 16.6 Å². The van der Waals surface area contributed by atoms with Crippen molar-refractivity contribution in [1.29, 1.82) is 0 Å². The highest BCUT2D eigenvalue weighted by atomic mass is 16.4. The Morgan fingerprint density at radius 2 is 1.03 bits per heavy atom. The van der Waals surface area contributed by atoms with E-state index in [0.717, 1.165) is 32.9 Å². The third-order valence-electron chi connectivity index (χ3n) is 5.67. The number of carboxylic acids is 1. The quantitative estimate of drug-likeness (QED) is 0.228. The van der Waals surface area contributed by atoms with Crippen LogP contribution < -0.4 is 0 Å². The zero-order valence-corrected chi connectivity index (χ0v) is 20.5. The monoisotopic (exact) mass is 490 g/mol. The number of phenols is 2. The van der Waals surface area contributed by atoms with Crippen molar-refractivity contribution in [3.63, 3.8) is 0 Å². The van der Waals surface area contributed by atoms with Gasteiger partial charge in [0, 0.05) is 22.2 Å². The van der Waals surface area contributed by atoms with Gasteiger partial charge < -0.3 is 15.3 Å². The molecular formula is C31H26N2O4. The van der Waals surface area contributed by atoms with Crippen LogP contribution >= 0.6 is 0 Å². The molecular weight excluding hydrogens is 464 g/mol. The van der Waals surface area contributed by atoms with E-state index in [-0.39, 0.29) is 11.5 Å². The number of aryl methyl sites for hydroxylation is 2. The highest BCUT2D eigenvalue weighted by molar-refractivity contribution is 5.94. The number of aromatic carboxylic acids is 1. The van der Waals surface area contributed by atoms with Crippen LogP contribution in [0.2, 0.25) is 0 Å². The average Bonchev–Trinajstić information content (AvgIpc) is 2.90. The zero-order valence-electron chi connectivity index (χ0n) is 20.5. The minimum atomic E-state index is -0.884. The van der Waals surface area contributed by atoms with Gasteiger partial charge in [-0.25, -0.2) is 14.8 Å². The number of fused-ring (bicyclic) bond motifs is 3. The third-order valence-corrected chi connectivity index (χ3v) is 5.67. The molecule has 0 aliphatic carbocycles. The average molecular weight is 491 g/mol. The molecule has 0 aliphatic heterocycles. The van der Waals surface area contributed by atoms with E-state index in [1.807, 2.05) is 92.7 Å². The van der Waals surface area contributed by atoms with E-state index in [2.05, 4.69) is 9.97 Å². The molecule has 37 heavy (non-hydrogen) atoms. The highest BCUT2D eigenvalue weighted by Gasteiger charge is 2.02. The number of hydrogen-bond acceptors (Lipinski definition) is 5. The van der Waals surface area contributed by atoms with Gasteiger partial charge >= 0.3 is 5.97 Å². The van der Waals surface area contributed by atoms with E-state index in [4.69, 9.17) is 5.11 Å². The van der Waals surface area contributed by atoms with E-state index in [1.165, 1.54) is 0 Å². The first-order valence-electron chi connectivity index (χ1n) is 11.6. The SMILES string of the molecule is Cc1ccc2cccc(O)c2n1.Cc1ccc2cccc(O)c2n1.O=C(O)c1ccc2ccccc2c1. The molecule has 0 saturated heterocycles. The number of phenolic OH excluding ortho intramolecular Hbond substituents is 2. The lowest BCUT2D eigenvalue weighted by molar-refractivity contribution is 0.0697. The third kappa shape index (κ3) is 6.18. The lowest BCUT2D eigenvalue weighted by Gasteiger charge is -1.99. The fraction of sp³-hybridized carbons (Fsp3) is 0.0645. The van der Waals surface area contributed by atoms with Gasteiger partial charge in [0.1, 0.15) is 22.5 Å². The van der Waals surface area contributed by atoms with Gasteiger partial charge in [-0.05, 0) is 61.0 Å². The van der Waals surface area contributed by atoms with Gasteiger partial charge in [-0.3, -0.25) is 0 Å². The fourth-order valence-corrected chi connectivity index (χ4v) is 3.78. The predicted octanol–water partition coefficient (Wildman–Crippen LogP) is 7.04. The summed E-state index contributed by atoms with van der Waals surface area (Å²) in [7, 11) is 0. The lowest BCUT2D eigenvalue weighted by atomic mass is 10.1. The van der Waals surface area contributed by atoms with Crippen LogP contribution in [0, 0.1) is 13.8 Å². The van der Waals surface area contributed by atoms with Crippen molar-refractivity contribution in [3.8, 4) is 11.5 Å². The maximum atomic E-state index is 10.6. The number of aromatic nitrogens is 2. The number of rotatable bonds is 1. The van der Waals surface area contributed by atoms with E-state index in [9.17, 15) is 15.0 Å². The predicted molar refractivity (Wildman–Crippen MR) is 147 cm³/mol. The fourth-order valence-electron chi connectivity index (χ4n) is 3.78. The van der Waals surface area contributed by atoms with Crippen molar-refractivity contribution < 1.29 is 20.1 Å². The standard InChI is InChI=1S/C11H8O2.2C10H9NO/c12-11(13)10-6-5-8-3-1-2-4-9(8)7-10;2*1-7-5-6-8-3-2-4-9(12)10(8)11-7/h1-7H,(H,12,13);2*2-6,12H,1H3. The zero-order chi connectivity index (χ0) is 26.4. The van der Waals surface area contributed by atoms with Crippen LogP contribution in [-0.2, 0) is 0 Å². The number of para-hydroxylation sites is 2. The molecule has 6 nitrogen and oxygen atoms in total. The number of carboxylic acid groups (broad SMARTS) is 1. The summed E-state index contributed by atoms with van der Waals surface area (Å²) in [5.41, 5.74) is 3.53. The molecule has 2 heterocycles. The Labute approximate surface area is 214 Å². The Bertz CT molecular complexity index is 1630. The number of pyridine rings is 2. The molecule has 0 aliphatic rings. The molecule has 3 N–H and O–H groups in total. The first-order valence-corrected chi connectivity index (χ1v) is 11.6. The number of benzene rings is 4. The molecule has 0 spiro atoms. The number of aromatic hydroxyl groups is 2. The Morgan fingerprint density at radius 3 is 1.54 bits per heavy atom. The summed E-state index contributed by atoms with van der Waals surface area (Å²) in [5.74, 6) is -0.391. The summed E-state index contributed by atoms with van der Waals surface area (Å²) < 4.78 is 0. The summed E-state index contributed by atoms with van der Waals surface area (Å²) in [6.45, 7) is 3.82. The number of carbonyl (C=O) groups is 1. The van der Waals surface area contributed by atoms with Crippen molar-refractivity contribution >= 4 is 38.5 Å². The summed E-state index contributed by atoms with van der Waals surface area (Å²) in [6.07, 6.45) is 0.